The van der Waals surface area contributed by atoms with E-state index >= 15 is 0 Å². The summed E-state index contributed by atoms with van der Waals surface area (Å²) >= 11 is 0. The summed E-state index contributed by atoms with van der Waals surface area (Å²) in [5, 5.41) is 9.18. The summed E-state index contributed by atoms with van der Waals surface area (Å²) in [4.78, 5) is 13.4. The van der Waals surface area contributed by atoms with Gasteiger partial charge in [-0.05, 0) is 44.4 Å². The van der Waals surface area contributed by atoms with Crippen LogP contribution in [0.3, 0.4) is 0 Å². The summed E-state index contributed by atoms with van der Waals surface area (Å²) in [6.07, 6.45) is 2.28. The van der Waals surface area contributed by atoms with Crippen LogP contribution in [0.25, 0.3) is 0 Å². The maximum Gasteiger partial charge on any atom is 0.306 e. The summed E-state index contributed by atoms with van der Waals surface area (Å²) in [5.41, 5.74) is 2.31. The van der Waals surface area contributed by atoms with Crippen LogP contribution in [0.2, 0.25) is 0 Å². The molecule has 1 N–H and O–H groups in total. The standard InChI is InChI=1S/C16H25NO2/c1-4-7-14(16(18)19)12-13-8-10-15(11-9-13)17(5-2)6-3/h8-11,14H,4-7,12H2,1-3H3,(H,18,19). The van der Waals surface area contributed by atoms with E-state index in [0.717, 1.165) is 31.5 Å². The Balaban J connectivity index is 2.72. The van der Waals surface area contributed by atoms with E-state index in [9.17, 15) is 9.90 Å². The van der Waals surface area contributed by atoms with Crippen molar-refractivity contribution in [2.45, 2.75) is 40.0 Å². The number of carbonyl (C=O) groups is 1. The van der Waals surface area contributed by atoms with Crippen molar-refractivity contribution in [1.29, 1.82) is 0 Å². The van der Waals surface area contributed by atoms with E-state index in [4.69, 9.17) is 0 Å². The van der Waals surface area contributed by atoms with Gasteiger partial charge in [0.25, 0.3) is 0 Å². The largest absolute Gasteiger partial charge is 0.481 e. The number of anilines is 1. The minimum atomic E-state index is -0.685. The zero-order chi connectivity index (χ0) is 14.3. The molecule has 1 atom stereocenters. The smallest absolute Gasteiger partial charge is 0.306 e. The molecule has 0 radical (unpaired) electrons. The first kappa shape index (κ1) is 15.5. The maximum atomic E-state index is 11.2. The number of carboxylic acids is 1. The average Bonchev–Trinajstić information content (AvgIpc) is 2.41. The van der Waals surface area contributed by atoms with Crippen molar-refractivity contribution in [3.05, 3.63) is 29.8 Å². The Labute approximate surface area is 116 Å². The number of benzene rings is 1. The Morgan fingerprint density at radius 3 is 2.16 bits per heavy atom. The van der Waals surface area contributed by atoms with E-state index in [0.29, 0.717) is 6.42 Å². The first-order valence-corrected chi connectivity index (χ1v) is 7.19. The Morgan fingerprint density at radius 2 is 1.74 bits per heavy atom. The van der Waals surface area contributed by atoms with Gasteiger partial charge in [-0.15, -0.1) is 0 Å². The second-order valence-electron chi connectivity index (χ2n) is 4.87. The summed E-state index contributed by atoms with van der Waals surface area (Å²) in [6, 6.07) is 8.29. The van der Waals surface area contributed by atoms with Crippen molar-refractivity contribution in [2.24, 2.45) is 5.92 Å². The van der Waals surface area contributed by atoms with Gasteiger partial charge in [0, 0.05) is 18.8 Å². The van der Waals surface area contributed by atoms with Crippen molar-refractivity contribution >= 4 is 11.7 Å². The van der Waals surface area contributed by atoms with Gasteiger partial charge >= 0.3 is 5.97 Å². The van der Waals surface area contributed by atoms with Crippen molar-refractivity contribution in [2.75, 3.05) is 18.0 Å². The van der Waals surface area contributed by atoms with Gasteiger partial charge in [0.2, 0.25) is 0 Å². The lowest BCUT2D eigenvalue weighted by Crippen LogP contribution is -2.21. The van der Waals surface area contributed by atoms with Gasteiger partial charge in [-0.3, -0.25) is 4.79 Å². The lowest BCUT2D eigenvalue weighted by atomic mass is 9.95. The van der Waals surface area contributed by atoms with Crippen LogP contribution in [0.5, 0.6) is 0 Å². The minimum Gasteiger partial charge on any atom is -0.481 e. The third-order valence-corrected chi connectivity index (χ3v) is 3.53. The molecule has 0 aliphatic heterocycles. The molecule has 0 aromatic heterocycles. The Kier molecular flexibility index (Phi) is 6.40. The van der Waals surface area contributed by atoms with E-state index < -0.39 is 5.97 Å². The van der Waals surface area contributed by atoms with Gasteiger partial charge in [-0.2, -0.15) is 0 Å². The second-order valence-corrected chi connectivity index (χ2v) is 4.87. The highest BCUT2D eigenvalue weighted by Gasteiger charge is 2.16. The molecule has 0 aliphatic rings. The monoisotopic (exact) mass is 263 g/mol. The molecule has 1 aromatic carbocycles. The van der Waals surface area contributed by atoms with Crippen LogP contribution < -0.4 is 4.90 Å². The SMILES string of the molecule is CCCC(Cc1ccc(N(CC)CC)cc1)C(=O)O. The Morgan fingerprint density at radius 1 is 1.16 bits per heavy atom. The van der Waals surface area contributed by atoms with Gasteiger partial charge in [-0.1, -0.05) is 25.5 Å². The average molecular weight is 263 g/mol. The van der Waals surface area contributed by atoms with E-state index in [2.05, 4.69) is 43.0 Å². The summed E-state index contributed by atoms with van der Waals surface area (Å²) in [7, 11) is 0. The van der Waals surface area contributed by atoms with Crippen LogP contribution in [0.4, 0.5) is 5.69 Å². The van der Waals surface area contributed by atoms with Gasteiger partial charge < -0.3 is 10.0 Å². The number of rotatable bonds is 8. The molecule has 1 aromatic rings. The molecule has 0 fully saturated rings. The summed E-state index contributed by atoms with van der Waals surface area (Å²) in [6.45, 7) is 8.28. The molecule has 0 aliphatic carbocycles. The van der Waals surface area contributed by atoms with Crippen LogP contribution in [0, 0.1) is 5.92 Å². The molecule has 106 valence electrons. The normalized spacial score (nSPS) is 12.2. The molecular weight excluding hydrogens is 238 g/mol. The topological polar surface area (TPSA) is 40.5 Å². The first-order chi connectivity index (χ1) is 9.12. The molecule has 3 heteroatoms. The van der Waals surface area contributed by atoms with Gasteiger partial charge in [0.05, 0.1) is 5.92 Å². The highest BCUT2D eigenvalue weighted by molar-refractivity contribution is 5.70. The van der Waals surface area contributed by atoms with Crippen LogP contribution in [-0.4, -0.2) is 24.2 Å². The molecule has 1 unspecified atom stereocenters. The number of nitrogens with zero attached hydrogens (tertiary/aromatic N) is 1. The van der Waals surface area contributed by atoms with Crippen LogP contribution in [-0.2, 0) is 11.2 Å². The maximum absolute atomic E-state index is 11.2. The zero-order valence-corrected chi connectivity index (χ0v) is 12.2. The van der Waals surface area contributed by atoms with E-state index in [1.807, 2.05) is 6.92 Å². The fraction of sp³-hybridized carbons (Fsp3) is 0.562. The molecule has 1 rings (SSSR count). The number of hydrogen-bond donors (Lipinski definition) is 1. The number of carboxylic acid groups (broad SMARTS) is 1. The lowest BCUT2D eigenvalue weighted by Gasteiger charge is -2.21. The molecule has 3 nitrogen and oxygen atoms in total. The second kappa shape index (κ2) is 7.82. The summed E-state index contributed by atoms with van der Waals surface area (Å²) < 4.78 is 0. The molecule has 0 spiro atoms. The van der Waals surface area contributed by atoms with E-state index in [1.54, 1.807) is 0 Å². The fourth-order valence-corrected chi connectivity index (χ4v) is 2.38. The molecule has 0 heterocycles. The van der Waals surface area contributed by atoms with Crippen molar-refractivity contribution < 1.29 is 9.90 Å². The number of aliphatic carboxylic acids is 1. The fourth-order valence-electron chi connectivity index (χ4n) is 2.38. The third-order valence-electron chi connectivity index (χ3n) is 3.53. The van der Waals surface area contributed by atoms with Crippen molar-refractivity contribution in [3.8, 4) is 0 Å². The van der Waals surface area contributed by atoms with Gasteiger partial charge in [0.15, 0.2) is 0 Å². The van der Waals surface area contributed by atoms with E-state index in [1.165, 1.54) is 5.69 Å². The van der Waals surface area contributed by atoms with Crippen LogP contribution in [0.15, 0.2) is 24.3 Å². The lowest BCUT2D eigenvalue weighted by molar-refractivity contribution is -0.141. The molecule has 0 amide bonds. The minimum absolute atomic E-state index is 0.260. The highest BCUT2D eigenvalue weighted by atomic mass is 16.4. The summed E-state index contributed by atoms with van der Waals surface area (Å²) in [5.74, 6) is -0.945. The van der Waals surface area contributed by atoms with Crippen molar-refractivity contribution in [1.82, 2.24) is 0 Å². The highest BCUT2D eigenvalue weighted by Crippen LogP contribution is 2.19. The van der Waals surface area contributed by atoms with E-state index in [-0.39, 0.29) is 5.92 Å². The predicted octanol–water partition coefficient (Wildman–Crippen LogP) is 3.58. The molecular formula is C16H25NO2. The Bertz CT molecular complexity index is 382. The molecule has 0 saturated carbocycles. The number of hydrogen-bond acceptors (Lipinski definition) is 2. The first-order valence-electron chi connectivity index (χ1n) is 7.19. The molecule has 0 bridgehead atoms. The zero-order valence-electron chi connectivity index (χ0n) is 12.2. The molecule has 19 heavy (non-hydrogen) atoms. The van der Waals surface area contributed by atoms with Crippen molar-refractivity contribution in [3.63, 3.8) is 0 Å². The predicted molar refractivity (Wildman–Crippen MR) is 79.7 cm³/mol. The molecule has 0 saturated heterocycles. The van der Waals surface area contributed by atoms with Crippen LogP contribution >= 0.6 is 0 Å². The Hall–Kier alpha value is -1.51. The van der Waals surface area contributed by atoms with Gasteiger partial charge in [-0.25, -0.2) is 0 Å². The quantitative estimate of drug-likeness (QED) is 0.779. The van der Waals surface area contributed by atoms with Crippen LogP contribution in [0.1, 0.15) is 39.2 Å². The third kappa shape index (κ3) is 4.58. The van der Waals surface area contributed by atoms with Gasteiger partial charge in [0.1, 0.15) is 0 Å².